The summed E-state index contributed by atoms with van der Waals surface area (Å²) in [7, 11) is 0. The molecule has 1 aliphatic heterocycles. The summed E-state index contributed by atoms with van der Waals surface area (Å²) in [6.45, 7) is 5.92. The Balaban J connectivity index is 1.38. The second-order valence-electron chi connectivity index (χ2n) is 7.39. The van der Waals surface area contributed by atoms with Gasteiger partial charge in [0.05, 0.1) is 17.5 Å². The lowest BCUT2D eigenvalue weighted by Gasteiger charge is -2.34. The largest absolute Gasteiger partial charge is 0.340 e. The third kappa shape index (κ3) is 3.64. The number of pyridine rings is 1. The summed E-state index contributed by atoms with van der Waals surface area (Å²) >= 11 is 0. The van der Waals surface area contributed by atoms with E-state index < -0.39 is 0 Å². The van der Waals surface area contributed by atoms with Crippen molar-refractivity contribution < 1.29 is 4.79 Å². The van der Waals surface area contributed by atoms with Crippen LogP contribution in [0.3, 0.4) is 0 Å². The number of fused-ring (bicyclic) bond motifs is 1. The Hall–Kier alpha value is -3.10. The van der Waals surface area contributed by atoms with Crippen molar-refractivity contribution in [2.45, 2.75) is 19.9 Å². The van der Waals surface area contributed by atoms with Gasteiger partial charge >= 0.3 is 0 Å². The van der Waals surface area contributed by atoms with E-state index in [1.807, 2.05) is 58.1 Å². The summed E-state index contributed by atoms with van der Waals surface area (Å²) in [5.74, 6) is 0.196. The van der Waals surface area contributed by atoms with Gasteiger partial charge < -0.3 is 9.30 Å². The zero-order valence-corrected chi connectivity index (χ0v) is 16.1. The highest BCUT2D eigenvalue weighted by molar-refractivity contribution is 5.79. The van der Waals surface area contributed by atoms with E-state index in [1.54, 1.807) is 0 Å². The van der Waals surface area contributed by atoms with Crippen molar-refractivity contribution in [2.24, 2.45) is 0 Å². The van der Waals surface area contributed by atoms with E-state index in [2.05, 4.69) is 24.0 Å². The Morgan fingerprint density at radius 2 is 1.79 bits per heavy atom. The predicted octanol–water partition coefficient (Wildman–Crippen LogP) is 3.01. The molecule has 2 aromatic heterocycles. The van der Waals surface area contributed by atoms with Gasteiger partial charge in [-0.15, -0.1) is 0 Å². The van der Waals surface area contributed by atoms with Gasteiger partial charge in [0.1, 0.15) is 6.07 Å². The molecule has 0 saturated carbocycles. The van der Waals surface area contributed by atoms with Gasteiger partial charge in [-0.3, -0.25) is 9.69 Å². The molecule has 1 saturated heterocycles. The van der Waals surface area contributed by atoms with Gasteiger partial charge in [0.2, 0.25) is 5.91 Å². The van der Waals surface area contributed by atoms with Crippen LogP contribution in [0.1, 0.15) is 22.3 Å². The highest BCUT2D eigenvalue weighted by Crippen LogP contribution is 2.20. The van der Waals surface area contributed by atoms with Crippen LogP contribution in [0, 0.1) is 18.3 Å². The average Bonchev–Trinajstić information content (AvgIpc) is 3.07. The summed E-state index contributed by atoms with van der Waals surface area (Å²) in [6.07, 6.45) is 4.49. The molecule has 0 bridgehead atoms. The number of carbonyl (C=O) groups is 1. The Bertz CT molecular complexity index is 1040. The van der Waals surface area contributed by atoms with Crippen LogP contribution >= 0.6 is 0 Å². The maximum absolute atomic E-state index is 12.7. The first-order chi connectivity index (χ1) is 13.7. The van der Waals surface area contributed by atoms with Crippen molar-refractivity contribution in [2.75, 3.05) is 26.2 Å². The lowest BCUT2D eigenvalue weighted by molar-refractivity contribution is -0.132. The third-order valence-electron chi connectivity index (χ3n) is 5.60. The SMILES string of the molecule is Cc1ccccc1CC(=O)N1CCN(Cc2cn3ccccc3c2C#N)CC1. The number of hydrogen-bond acceptors (Lipinski definition) is 3. The van der Waals surface area contributed by atoms with E-state index >= 15 is 0 Å². The minimum Gasteiger partial charge on any atom is -0.340 e. The van der Waals surface area contributed by atoms with Gasteiger partial charge in [0.15, 0.2) is 0 Å². The van der Waals surface area contributed by atoms with Crippen LogP contribution in [-0.4, -0.2) is 46.3 Å². The molecule has 3 heterocycles. The number of amides is 1. The Morgan fingerprint density at radius 1 is 1.04 bits per heavy atom. The lowest BCUT2D eigenvalue weighted by Crippen LogP contribution is -2.48. The highest BCUT2D eigenvalue weighted by atomic mass is 16.2. The molecule has 0 radical (unpaired) electrons. The molecule has 5 nitrogen and oxygen atoms in total. The number of rotatable bonds is 4. The van der Waals surface area contributed by atoms with Crippen LogP contribution < -0.4 is 0 Å². The van der Waals surface area contributed by atoms with Gasteiger partial charge in [-0.05, 0) is 30.2 Å². The molecule has 28 heavy (non-hydrogen) atoms. The van der Waals surface area contributed by atoms with Crippen LogP contribution in [0.25, 0.3) is 5.52 Å². The summed E-state index contributed by atoms with van der Waals surface area (Å²) in [5.41, 5.74) is 5.02. The van der Waals surface area contributed by atoms with Gasteiger partial charge in [-0.2, -0.15) is 5.26 Å². The molecule has 1 aromatic carbocycles. The van der Waals surface area contributed by atoms with Crippen LogP contribution in [0.2, 0.25) is 0 Å². The van der Waals surface area contributed by atoms with Gasteiger partial charge in [0.25, 0.3) is 0 Å². The number of aryl methyl sites for hydroxylation is 1. The van der Waals surface area contributed by atoms with Crippen molar-refractivity contribution in [3.05, 3.63) is 77.1 Å². The van der Waals surface area contributed by atoms with Crippen LogP contribution in [-0.2, 0) is 17.8 Å². The molecule has 142 valence electrons. The molecule has 4 rings (SSSR count). The van der Waals surface area contributed by atoms with Crippen molar-refractivity contribution in [1.29, 1.82) is 5.26 Å². The molecule has 5 heteroatoms. The predicted molar refractivity (Wildman–Crippen MR) is 109 cm³/mol. The van der Waals surface area contributed by atoms with E-state index in [0.717, 1.165) is 54.9 Å². The van der Waals surface area contributed by atoms with Crippen molar-refractivity contribution >= 4 is 11.4 Å². The van der Waals surface area contributed by atoms with Gasteiger partial charge in [-0.1, -0.05) is 30.3 Å². The molecular formula is C23H24N4O. The third-order valence-corrected chi connectivity index (χ3v) is 5.60. The maximum Gasteiger partial charge on any atom is 0.227 e. The molecule has 0 atom stereocenters. The molecule has 1 amide bonds. The number of aromatic nitrogens is 1. The van der Waals surface area contributed by atoms with Crippen molar-refractivity contribution in [3.63, 3.8) is 0 Å². The lowest BCUT2D eigenvalue weighted by atomic mass is 10.1. The fourth-order valence-electron chi connectivity index (χ4n) is 3.91. The fourth-order valence-corrected chi connectivity index (χ4v) is 3.91. The van der Waals surface area contributed by atoms with Crippen LogP contribution in [0.15, 0.2) is 54.9 Å². The number of benzene rings is 1. The first-order valence-electron chi connectivity index (χ1n) is 9.69. The van der Waals surface area contributed by atoms with Gasteiger partial charge in [-0.25, -0.2) is 0 Å². The zero-order chi connectivity index (χ0) is 19.5. The normalized spacial score (nSPS) is 14.9. The van der Waals surface area contributed by atoms with Gasteiger partial charge in [0, 0.05) is 50.7 Å². The molecule has 3 aromatic rings. The van der Waals surface area contributed by atoms with Crippen molar-refractivity contribution in [3.8, 4) is 6.07 Å². The Kier molecular flexibility index (Phi) is 5.14. The molecule has 0 N–H and O–H groups in total. The summed E-state index contributed by atoms with van der Waals surface area (Å²) in [4.78, 5) is 17.0. The van der Waals surface area contributed by atoms with Crippen LogP contribution in [0.5, 0.6) is 0 Å². The fraction of sp³-hybridized carbons (Fsp3) is 0.304. The second-order valence-corrected chi connectivity index (χ2v) is 7.39. The van der Waals surface area contributed by atoms with E-state index in [0.29, 0.717) is 6.42 Å². The standard InChI is InChI=1S/C23H24N4O/c1-18-6-2-3-7-19(18)14-23(28)26-12-10-25(11-13-26)16-20-17-27-9-5-4-8-22(27)21(20)15-24/h2-9,17H,10-14,16H2,1H3. The molecule has 0 spiro atoms. The topological polar surface area (TPSA) is 51.8 Å². The van der Waals surface area contributed by atoms with E-state index in [9.17, 15) is 10.1 Å². The summed E-state index contributed by atoms with van der Waals surface area (Å²) in [6, 6.07) is 16.3. The molecular weight excluding hydrogens is 348 g/mol. The van der Waals surface area contributed by atoms with E-state index in [4.69, 9.17) is 0 Å². The average molecular weight is 372 g/mol. The summed E-state index contributed by atoms with van der Waals surface area (Å²) < 4.78 is 2.01. The summed E-state index contributed by atoms with van der Waals surface area (Å²) in [5, 5.41) is 9.58. The quantitative estimate of drug-likeness (QED) is 0.707. The number of carbonyl (C=O) groups excluding carboxylic acids is 1. The molecule has 1 aliphatic rings. The molecule has 0 aliphatic carbocycles. The second kappa shape index (κ2) is 7.87. The molecule has 0 unspecified atom stereocenters. The van der Waals surface area contributed by atoms with Crippen LogP contribution in [0.4, 0.5) is 0 Å². The number of nitriles is 1. The van der Waals surface area contributed by atoms with E-state index in [1.165, 1.54) is 5.56 Å². The van der Waals surface area contributed by atoms with Crippen molar-refractivity contribution in [1.82, 2.24) is 14.2 Å². The maximum atomic E-state index is 12.7. The first-order valence-corrected chi connectivity index (χ1v) is 9.69. The monoisotopic (exact) mass is 372 g/mol. The number of nitrogens with zero attached hydrogens (tertiary/aromatic N) is 4. The minimum atomic E-state index is 0.196. The minimum absolute atomic E-state index is 0.196. The van der Waals surface area contributed by atoms with E-state index in [-0.39, 0.29) is 5.91 Å². The molecule has 1 fully saturated rings. The number of hydrogen-bond donors (Lipinski definition) is 0. The highest BCUT2D eigenvalue weighted by Gasteiger charge is 2.23. The number of piperazine rings is 1. The zero-order valence-electron chi connectivity index (χ0n) is 16.1. The Labute approximate surface area is 165 Å². The first kappa shape index (κ1) is 18.3. The Morgan fingerprint density at radius 3 is 2.54 bits per heavy atom. The smallest absolute Gasteiger partial charge is 0.227 e.